The highest BCUT2D eigenvalue weighted by atomic mass is 16.5. The molecule has 0 aliphatic carbocycles. The van der Waals surface area contributed by atoms with Crippen molar-refractivity contribution in [1.82, 2.24) is 25.0 Å². The van der Waals surface area contributed by atoms with Crippen LogP contribution in [0.3, 0.4) is 0 Å². The first kappa shape index (κ1) is 21.5. The van der Waals surface area contributed by atoms with Gasteiger partial charge in [0.15, 0.2) is 0 Å². The van der Waals surface area contributed by atoms with Crippen molar-refractivity contribution in [3.8, 4) is 17.2 Å². The second-order valence-electron chi connectivity index (χ2n) is 7.57. The van der Waals surface area contributed by atoms with E-state index >= 15 is 0 Å². The van der Waals surface area contributed by atoms with E-state index in [0.29, 0.717) is 25.5 Å². The van der Waals surface area contributed by atoms with E-state index in [1.807, 2.05) is 54.3 Å². The SMILES string of the molecule is COc1ccc(CNC(=O)N2CCN(c3ccc(-n4cnc(C)n4)c(OC)c3)CC2)cc1. The largest absolute Gasteiger partial charge is 0.497 e. The van der Waals surface area contributed by atoms with Gasteiger partial charge in [-0.3, -0.25) is 0 Å². The normalized spacial score (nSPS) is 13.7. The van der Waals surface area contributed by atoms with Gasteiger partial charge in [-0.1, -0.05) is 12.1 Å². The van der Waals surface area contributed by atoms with E-state index in [2.05, 4.69) is 20.3 Å². The number of hydrogen-bond donors (Lipinski definition) is 1. The Bertz CT molecular complexity index is 1060. The van der Waals surface area contributed by atoms with Crippen LogP contribution in [0.25, 0.3) is 5.69 Å². The van der Waals surface area contributed by atoms with E-state index in [1.54, 1.807) is 25.2 Å². The van der Waals surface area contributed by atoms with E-state index in [-0.39, 0.29) is 6.03 Å². The molecule has 0 saturated carbocycles. The molecule has 4 rings (SSSR count). The van der Waals surface area contributed by atoms with Crippen LogP contribution in [0.1, 0.15) is 11.4 Å². The average molecular weight is 437 g/mol. The molecule has 1 N–H and O–H groups in total. The van der Waals surface area contributed by atoms with E-state index in [1.165, 1.54) is 0 Å². The van der Waals surface area contributed by atoms with Crippen molar-refractivity contribution < 1.29 is 14.3 Å². The van der Waals surface area contributed by atoms with Crippen LogP contribution >= 0.6 is 0 Å². The van der Waals surface area contributed by atoms with Gasteiger partial charge < -0.3 is 24.6 Å². The Balaban J connectivity index is 1.33. The van der Waals surface area contributed by atoms with Crippen LogP contribution in [-0.4, -0.2) is 66.1 Å². The van der Waals surface area contributed by atoms with Crippen LogP contribution < -0.4 is 19.7 Å². The Morgan fingerprint density at radius 3 is 2.41 bits per heavy atom. The molecule has 32 heavy (non-hydrogen) atoms. The summed E-state index contributed by atoms with van der Waals surface area (Å²) in [7, 11) is 3.29. The molecular weight excluding hydrogens is 408 g/mol. The van der Waals surface area contributed by atoms with E-state index in [9.17, 15) is 4.79 Å². The smallest absolute Gasteiger partial charge is 0.317 e. The summed E-state index contributed by atoms with van der Waals surface area (Å²) in [6.07, 6.45) is 1.68. The molecule has 1 aromatic heterocycles. The van der Waals surface area contributed by atoms with E-state index < -0.39 is 0 Å². The molecule has 0 spiro atoms. The first-order chi connectivity index (χ1) is 15.6. The number of benzene rings is 2. The summed E-state index contributed by atoms with van der Waals surface area (Å²) < 4.78 is 12.5. The molecule has 0 radical (unpaired) electrons. The van der Waals surface area contributed by atoms with Gasteiger partial charge in [0.2, 0.25) is 0 Å². The summed E-state index contributed by atoms with van der Waals surface area (Å²) in [6, 6.07) is 13.7. The summed E-state index contributed by atoms with van der Waals surface area (Å²) >= 11 is 0. The molecule has 3 aromatic rings. The number of nitrogens with one attached hydrogen (secondary N) is 1. The molecule has 2 heterocycles. The number of aromatic nitrogens is 3. The van der Waals surface area contributed by atoms with Gasteiger partial charge in [-0.25, -0.2) is 14.5 Å². The topological polar surface area (TPSA) is 84.8 Å². The number of hydrogen-bond acceptors (Lipinski definition) is 6. The van der Waals surface area contributed by atoms with Crippen molar-refractivity contribution in [2.24, 2.45) is 0 Å². The minimum atomic E-state index is -0.0463. The Morgan fingerprint density at radius 1 is 1.03 bits per heavy atom. The van der Waals surface area contributed by atoms with Crippen molar-refractivity contribution in [1.29, 1.82) is 0 Å². The number of ether oxygens (including phenoxy) is 2. The van der Waals surface area contributed by atoms with Crippen molar-refractivity contribution in [3.05, 3.63) is 60.2 Å². The predicted molar refractivity (Wildman–Crippen MR) is 122 cm³/mol. The van der Waals surface area contributed by atoms with Gasteiger partial charge in [0, 0.05) is 44.5 Å². The summed E-state index contributed by atoms with van der Waals surface area (Å²) in [4.78, 5) is 20.9. The third-order valence-corrected chi connectivity index (χ3v) is 5.55. The van der Waals surface area contributed by atoms with Gasteiger partial charge in [0.1, 0.15) is 29.3 Å². The minimum Gasteiger partial charge on any atom is -0.497 e. The number of amides is 2. The molecule has 1 aliphatic heterocycles. The Morgan fingerprint density at radius 2 is 1.78 bits per heavy atom. The van der Waals surface area contributed by atoms with Crippen LogP contribution in [0.4, 0.5) is 10.5 Å². The monoisotopic (exact) mass is 436 g/mol. The molecule has 9 heteroatoms. The predicted octanol–water partition coefficient (Wildman–Crippen LogP) is 2.62. The third kappa shape index (κ3) is 4.77. The van der Waals surface area contributed by atoms with Crippen molar-refractivity contribution >= 4 is 11.7 Å². The highest BCUT2D eigenvalue weighted by Gasteiger charge is 2.22. The van der Waals surface area contributed by atoms with Crippen LogP contribution in [0, 0.1) is 6.92 Å². The van der Waals surface area contributed by atoms with Crippen LogP contribution in [0.2, 0.25) is 0 Å². The number of anilines is 1. The summed E-state index contributed by atoms with van der Waals surface area (Å²) in [5.41, 5.74) is 2.93. The van der Waals surface area contributed by atoms with Gasteiger partial charge in [0.05, 0.1) is 14.2 Å². The number of piperazine rings is 1. The Kier molecular flexibility index (Phi) is 6.44. The molecule has 9 nitrogen and oxygen atoms in total. The Labute approximate surface area is 187 Å². The fourth-order valence-corrected chi connectivity index (χ4v) is 3.71. The van der Waals surface area contributed by atoms with Gasteiger partial charge in [-0.15, -0.1) is 0 Å². The standard InChI is InChI=1S/C23H28N6O3/c1-17-25-16-29(26-17)21-9-6-19(14-22(21)32-3)27-10-12-28(13-11-27)23(30)24-15-18-4-7-20(31-2)8-5-18/h4-9,14,16H,10-13,15H2,1-3H3,(H,24,30). The summed E-state index contributed by atoms with van der Waals surface area (Å²) in [6.45, 7) is 5.15. The number of methoxy groups -OCH3 is 2. The first-order valence-corrected chi connectivity index (χ1v) is 10.5. The lowest BCUT2D eigenvalue weighted by Crippen LogP contribution is -2.51. The van der Waals surface area contributed by atoms with E-state index in [0.717, 1.165) is 41.5 Å². The molecule has 2 aromatic carbocycles. The maximum atomic E-state index is 12.6. The van der Waals surface area contributed by atoms with Gasteiger partial charge in [-0.05, 0) is 36.8 Å². The molecule has 0 unspecified atom stereocenters. The molecule has 0 atom stereocenters. The number of rotatable bonds is 6. The zero-order valence-electron chi connectivity index (χ0n) is 18.6. The molecular formula is C23H28N6O3. The lowest BCUT2D eigenvalue weighted by atomic mass is 10.2. The second-order valence-corrected chi connectivity index (χ2v) is 7.57. The maximum Gasteiger partial charge on any atom is 0.317 e. The molecule has 168 valence electrons. The number of nitrogens with zero attached hydrogens (tertiary/aromatic N) is 5. The molecule has 2 amide bonds. The quantitative estimate of drug-likeness (QED) is 0.640. The number of carbonyl (C=O) groups excluding carboxylic acids is 1. The number of aryl methyl sites for hydroxylation is 1. The van der Waals surface area contributed by atoms with Crippen LogP contribution in [-0.2, 0) is 6.54 Å². The maximum absolute atomic E-state index is 12.6. The lowest BCUT2D eigenvalue weighted by molar-refractivity contribution is 0.194. The highest BCUT2D eigenvalue weighted by Crippen LogP contribution is 2.28. The van der Waals surface area contributed by atoms with Crippen molar-refractivity contribution in [3.63, 3.8) is 0 Å². The van der Waals surface area contributed by atoms with Gasteiger partial charge in [-0.2, -0.15) is 5.10 Å². The van der Waals surface area contributed by atoms with Crippen LogP contribution in [0.5, 0.6) is 11.5 Å². The zero-order valence-corrected chi connectivity index (χ0v) is 18.6. The average Bonchev–Trinajstić information content (AvgIpc) is 3.28. The van der Waals surface area contributed by atoms with Gasteiger partial charge >= 0.3 is 6.03 Å². The van der Waals surface area contributed by atoms with Crippen molar-refractivity contribution in [2.75, 3.05) is 45.3 Å². The zero-order chi connectivity index (χ0) is 22.5. The van der Waals surface area contributed by atoms with Crippen molar-refractivity contribution in [2.45, 2.75) is 13.5 Å². The molecule has 1 saturated heterocycles. The molecule has 1 aliphatic rings. The summed E-state index contributed by atoms with van der Waals surface area (Å²) in [5, 5.41) is 7.36. The number of carbonyl (C=O) groups is 1. The fourth-order valence-electron chi connectivity index (χ4n) is 3.71. The molecule has 0 bridgehead atoms. The second kappa shape index (κ2) is 9.59. The molecule has 1 fully saturated rings. The highest BCUT2D eigenvalue weighted by molar-refractivity contribution is 5.74. The van der Waals surface area contributed by atoms with E-state index in [4.69, 9.17) is 9.47 Å². The lowest BCUT2D eigenvalue weighted by Gasteiger charge is -2.36. The minimum absolute atomic E-state index is 0.0463. The number of urea groups is 1. The summed E-state index contributed by atoms with van der Waals surface area (Å²) in [5.74, 6) is 2.24. The Hall–Kier alpha value is -3.75. The third-order valence-electron chi connectivity index (χ3n) is 5.55. The van der Waals surface area contributed by atoms with Gasteiger partial charge in [0.25, 0.3) is 0 Å². The fraction of sp³-hybridized carbons (Fsp3) is 0.348. The van der Waals surface area contributed by atoms with Crippen LogP contribution in [0.15, 0.2) is 48.8 Å². The first-order valence-electron chi connectivity index (χ1n) is 10.5.